The molecule has 0 aliphatic heterocycles. The van der Waals surface area contributed by atoms with Crippen molar-refractivity contribution >= 4 is 5.78 Å². The van der Waals surface area contributed by atoms with Crippen LogP contribution in [0.5, 0.6) is 0 Å². The third-order valence-corrected chi connectivity index (χ3v) is 1.72. The maximum Gasteiger partial charge on any atom is 0.163 e. The summed E-state index contributed by atoms with van der Waals surface area (Å²) in [7, 11) is 0. The molecule has 0 amide bonds. The summed E-state index contributed by atoms with van der Waals surface area (Å²) in [4.78, 5) is 10.8. The monoisotopic (exact) mass is 190 g/mol. The Hall–Kier alpha value is -0.450. The summed E-state index contributed by atoms with van der Waals surface area (Å²) in [5.41, 5.74) is -1.37. The molecule has 0 bridgehead atoms. The summed E-state index contributed by atoms with van der Waals surface area (Å²) in [6.45, 7) is 6.23. The molecule has 0 aliphatic rings. The Balaban J connectivity index is 3.46. The number of carbonyl (C=O) groups is 1. The van der Waals surface area contributed by atoms with Crippen LogP contribution < -0.4 is 0 Å². The van der Waals surface area contributed by atoms with Crippen LogP contribution in [0.1, 0.15) is 20.8 Å². The zero-order valence-corrected chi connectivity index (χ0v) is 8.50. The lowest BCUT2D eigenvalue weighted by molar-refractivity contribution is -0.140. The van der Waals surface area contributed by atoms with E-state index in [1.54, 1.807) is 0 Å². The highest BCUT2D eigenvalue weighted by Gasteiger charge is 2.26. The number of hydrogen-bond donors (Lipinski definition) is 1. The predicted octanol–water partition coefficient (Wildman–Crippen LogP) is 0.380. The van der Waals surface area contributed by atoms with E-state index in [1.165, 1.54) is 13.8 Å². The van der Waals surface area contributed by atoms with Gasteiger partial charge in [0.05, 0.1) is 19.8 Å². The van der Waals surface area contributed by atoms with Crippen molar-refractivity contribution in [3.05, 3.63) is 0 Å². The number of hydrogen-bond acceptors (Lipinski definition) is 4. The van der Waals surface area contributed by atoms with Gasteiger partial charge in [-0.1, -0.05) is 0 Å². The Bertz CT molecular complexity index is 154. The normalized spacial score (nSPS) is 15.4. The minimum Gasteiger partial charge on any atom is -0.380 e. The Kier molecular flexibility index (Phi) is 5.86. The van der Waals surface area contributed by atoms with Crippen LogP contribution in [0.2, 0.25) is 0 Å². The smallest absolute Gasteiger partial charge is 0.163 e. The van der Waals surface area contributed by atoms with Crippen LogP contribution in [0.4, 0.5) is 0 Å². The Morgan fingerprint density at radius 1 is 1.38 bits per heavy atom. The Labute approximate surface area is 78.8 Å². The van der Waals surface area contributed by atoms with Crippen LogP contribution in [0.25, 0.3) is 0 Å². The summed E-state index contributed by atoms with van der Waals surface area (Å²) in [6, 6.07) is 0. The van der Waals surface area contributed by atoms with Gasteiger partial charge in [0.25, 0.3) is 0 Å². The largest absolute Gasteiger partial charge is 0.380 e. The van der Waals surface area contributed by atoms with E-state index < -0.39 is 5.60 Å². The molecule has 0 aromatic rings. The lowest BCUT2D eigenvalue weighted by atomic mass is 10.0. The molecule has 78 valence electrons. The van der Waals surface area contributed by atoms with Crippen LogP contribution in [0.3, 0.4) is 0 Å². The first kappa shape index (κ1) is 12.6. The molecule has 0 radical (unpaired) electrons. The molecular formula is C9H18O4. The minimum atomic E-state index is -1.37. The molecule has 0 saturated carbocycles. The first-order chi connectivity index (χ1) is 6.00. The first-order valence-electron chi connectivity index (χ1n) is 4.39. The topological polar surface area (TPSA) is 55.8 Å². The second kappa shape index (κ2) is 6.07. The minimum absolute atomic E-state index is 0.0232. The molecule has 4 nitrogen and oxygen atoms in total. The van der Waals surface area contributed by atoms with Gasteiger partial charge in [0.15, 0.2) is 5.78 Å². The van der Waals surface area contributed by atoms with Crippen LogP contribution in [-0.4, -0.2) is 42.9 Å². The maximum absolute atomic E-state index is 10.8. The zero-order valence-electron chi connectivity index (χ0n) is 8.50. The molecule has 1 atom stereocenters. The molecule has 13 heavy (non-hydrogen) atoms. The lowest BCUT2D eigenvalue weighted by Gasteiger charge is -2.19. The van der Waals surface area contributed by atoms with Gasteiger partial charge in [-0.3, -0.25) is 4.79 Å². The summed E-state index contributed by atoms with van der Waals surface area (Å²) in [5.74, 6) is -0.288. The molecule has 0 aliphatic carbocycles. The fraction of sp³-hybridized carbons (Fsp3) is 0.889. The molecule has 0 spiro atoms. The number of ether oxygens (including phenoxy) is 2. The van der Waals surface area contributed by atoms with Crippen molar-refractivity contribution in [2.24, 2.45) is 0 Å². The zero-order chi connectivity index (χ0) is 10.3. The van der Waals surface area contributed by atoms with Crippen LogP contribution >= 0.6 is 0 Å². The highest BCUT2D eigenvalue weighted by Crippen LogP contribution is 2.04. The average molecular weight is 190 g/mol. The molecule has 0 saturated heterocycles. The van der Waals surface area contributed by atoms with E-state index >= 15 is 0 Å². The quantitative estimate of drug-likeness (QED) is 0.590. The van der Waals surface area contributed by atoms with Crippen molar-refractivity contribution in [3.63, 3.8) is 0 Å². The van der Waals surface area contributed by atoms with Gasteiger partial charge in [-0.05, 0) is 20.8 Å². The Morgan fingerprint density at radius 2 is 1.92 bits per heavy atom. The van der Waals surface area contributed by atoms with Crippen molar-refractivity contribution < 1.29 is 19.4 Å². The lowest BCUT2D eigenvalue weighted by Crippen LogP contribution is -2.38. The van der Waals surface area contributed by atoms with E-state index in [4.69, 9.17) is 9.47 Å². The number of rotatable bonds is 7. The molecule has 1 unspecified atom stereocenters. The van der Waals surface area contributed by atoms with Gasteiger partial charge < -0.3 is 14.6 Å². The fourth-order valence-electron chi connectivity index (χ4n) is 0.635. The third kappa shape index (κ3) is 5.74. The molecule has 0 aromatic carbocycles. The van der Waals surface area contributed by atoms with Crippen molar-refractivity contribution in [2.75, 3.05) is 26.4 Å². The molecule has 0 aromatic heterocycles. The summed E-state index contributed by atoms with van der Waals surface area (Å²) in [5, 5.41) is 9.43. The standard InChI is InChI=1S/C9H18O4/c1-4-12-5-6-13-7-9(3,11)8(2)10/h11H,4-7H2,1-3H3. The van der Waals surface area contributed by atoms with Crippen LogP contribution in [0, 0.1) is 0 Å². The van der Waals surface area contributed by atoms with E-state index in [-0.39, 0.29) is 12.4 Å². The van der Waals surface area contributed by atoms with Gasteiger partial charge in [-0.15, -0.1) is 0 Å². The molecule has 0 rings (SSSR count). The Morgan fingerprint density at radius 3 is 2.38 bits per heavy atom. The van der Waals surface area contributed by atoms with Crippen molar-refractivity contribution in [1.82, 2.24) is 0 Å². The summed E-state index contributed by atoms with van der Waals surface area (Å²) < 4.78 is 10.1. The predicted molar refractivity (Wildman–Crippen MR) is 48.6 cm³/mol. The maximum atomic E-state index is 10.8. The van der Waals surface area contributed by atoms with Crippen LogP contribution in [0.15, 0.2) is 0 Å². The number of aliphatic hydroxyl groups is 1. The van der Waals surface area contributed by atoms with Gasteiger partial charge in [-0.25, -0.2) is 0 Å². The summed E-state index contributed by atoms with van der Waals surface area (Å²) in [6.07, 6.45) is 0. The fourth-order valence-corrected chi connectivity index (χ4v) is 0.635. The second-order valence-electron chi connectivity index (χ2n) is 3.08. The van der Waals surface area contributed by atoms with Gasteiger partial charge >= 0.3 is 0 Å². The van der Waals surface area contributed by atoms with Gasteiger partial charge in [0, 0.05) is 6.61 Å². The highest BCUT2D eigenvalue weighted by molar-refractivity contribution is 5.84. The second-order valence-corrected chi connectivity index (χ2v) is 3.08. The number of ketones is 1. The van der Waals surface area contributed by atoms with Crippen LogP contribution in [-0.2, 0) is 14.3 Å². The number of Topliss-reactive ketones (excluding diaryl/α,β-unsaturated/α-hetero) is 1. The molecule has 0 heterocycles. The van der Waals surface area contributed by atoms with E-state index in [1.807, 2.05) is 6.92 Å². The van der Waals surface area contributed by atoms with Gasteiger partial charge in [0.1, 0.15) is 5.60 Å². The molecule has 4 heteroatoms. The van der Waals surface area contributed by atoms with E-state index in [2.05, 4.69) is 0 Å². The SMILES string of the molecule is CCOCCOCC(C)(O)C(C)=O. The van der Waals surface area contributed by atoms with E-state index in [9.17, 15) is 9.90 Å². The van der Waals surface area contributed by atoms with Crippen molar-refractivity contribution in [2.45, 2.75) is 26.4 Å². The molecule has 0 fully saturated rings. The van der Waals surface area contributed by atoms with Crippen molar-refractivity contribution in [1.29, 1.82) is 0 Å². The third-order valence-electron chi connectivity index (χ3n) is 1.72. The van der Waals surface area contributed by atoms with Crippen molar-refractivity contribution in [3.8, 4) is 0 Å². The van der Waals surface area contributed by atoms with E-state index in [0.717, 1.165) is 0 Å². The number of carbonyl (C=O) groups excluding carboxylic acids is 1. The highest BCUT2D eigenvalue weighted by atomic mass is 16.5. The molecule has 1 N–H and O–H groups in total. The first-order valence-corrected chi connectivity index (χ1v) is 4.39. The van der Waals surface area contributed by atoms with E-state index in [0.29, 0.717) is 19.8 Å². The molecular weight excluding hydrogens is 172 g/mol. The van der Waals surface area contributed by atoms with Gasteiger partial charge in [-0.2, -0.15) is 0 Å². The average Bonchev–Trinajstić information content (AvgIpc) is 2.03. The van der Waals surface area contributed by atoms with Gasteiger partial charge in [0.2, 0.25) is 0 Å². The summed E-state index contributed by atoms with van der Waals surface area (Å²) >= 11 is 0.